The first-order chi connectivity index (χ1) is 55.4. The molecule has 9 fully saturated rings. The standard InChI is InChI=1S/C64H108N2O51/c1-14(76)65-16(3-67)28(79)49(17(78)4-68)111-56-27(66-15(2)77)37(88)50(24(11-75)108-56)112-61-48(99)52(114-63-55(43(94)34(85)22(9-73)106-63)117-64-54(42(93)33(84)23(10-74)107-64)116-60-46(97)40(91)31(82)20(7-71)104-60)36(87)26(110-61)12-100-57-47(98)51(113-58-44(95)38(89)29(80)18(5-69)102-58)35(86)25(109-57)13-101-62-53(41(92)32(83)21(8-72)105-62)115-59-45(96)39(90)30(81)19(6-70)103-59/h3,16-64,68-75,78-99H,4-13H2,1-2H3,(H,65,76)(H,66,77)/t16-,17+,18+,19+,20+,21+,22+,23+,24+,25+,26+,27+,28+,29+,30+,31+,32+,33+,34+,35+,36+,37+,38-,39-,40-,41-,42-,43-,44-,45-,46-,47-,48-,49+,50+,51-,52-,53-,54-,55-,56-,57-,58+,59+,60+,61-,62-,63+,64+/m0/s1. The molecule has 0 aromatic carbocycles. The predicted molar refractivity (Wildman–Crippen MR) is 354 cm³/mol. The van der Waals surface area contributed by atoms with E-state index in [4.69, 9.17) is 85.3 Å². The van der Waals surface area contributed by atoms with Gasteiger partial charge in [0.2, 0.25) is 11.8 Å². The number of aliphatic hydroxyl groups is 30. The van der Waals surface area contributed by atoms with Crippen LogP contribution in [-0.2, 0) is 99.6 Å². The highest BCUT2D eigenvalue weighted by Crippen LogP contribution is 2.40. The van der Waals surface area contributed by atoms with Gasteiger partial charge in [0.1, 0.15) is 250 Å². The van der Waals surface area contributed by atoms with E-state index in [2.05, 4.69) is 10.6 Å². The van der Waals surface area contributed by atoms with Crippen LogP contribution in [0, 0.1) is 0 Å². The monoisotopic (exact) mass is 1720 g/mol. The van der Waals surface area contributed by atoms with Crippen LogP contribution in [0.25, 0.3) is 0 Å². The van der Waals surface area contributed by atoms with E-state index in [1.807, 2.05) is 0 Å². The maximum Gasteiger partial charge on any atom is 0.217 e. The number of ether oxygens (including phenoxy) is 18. The smallest absolute Gasteiger partial charge is 0.217 e. The summed E-state index contributed by atoms with van der Waals surface area (Å²) in [6, 6.07) is -3.96. The first-order valence-corrected chi connectivity index (χ1v) is 36.9. The third-order valence-electron chi connectivity index (χ3n) is 21.2. The van der Waals surface area contributed by atoms with Gasteiger partial charge in [-0.1, -0.05) is 0 Å². The van der Waals surface area contributed by atoms with E-state index in [-0.39, 0.29) is 6.29 Å². The minimum absolute atomic E-state index is 0.00898. The van der Waals surface area contributed by atoms with Crippen molar-refractivity contribution in [3.05, 3.63) is 0 Å². The Morgan fingerprint density at radius 1 is 0.316 bits per heavy atom. The highest BCUT2D eigenvalue weighted by molar-refractivity contribution is 5.77. The Bertz CT molecular complexity index is 3030. The SMILES string of the molecule is CC(=O)N[C@H]1[C@H](O[C@@H]([C@H](O)[C@H](C=O)NC(C)=O)[C@H](O)CO)O[C@H](CO)[C@@H](O[C@@H]2O[C@H](CO[C@H]3O[C@H](CO[C@H]4O[C@H](CO)[C@@H](O)[C@H](O)[C@@H]4O[C@H]4O[C@H](CO)[C@@H](O)[C@H](O)[C@@H]4O)[C@@H](O)[C@H](O[C@H]4O[C@H](CO)[C@@H](O)[C@H](O)[C@@H]4O)[C@@H]3O)[C@@H](O)[C@H](O[C@H]3O[C@H](CO)[C@@H](O)[C@H](O)[C@@H]3O[C@H]3O[C@H](CO)[C@@H](O)[C@H](O)[C@@H]3O[C@H]3O[C@H](CO)[C@@H](O)[C@H](O)[C@@H]3O)[C@@H]2O)[C@@H]1O. The lowest BCUT2D eigenvalue weighted by Crippen LogP contribution is -2.70. The molecule has 53 nitrogen and oxygen atoms in total. The van der Waals surface area contributed by atoms with Crippen molar-refractivity contribution in [2.75, 3.05) is 66.1 Å². The molecule has 2 amide bonds. The van der Waals surface area contributed by atoms with Gasteiger partial charge < -0.3 is 254 Å². The normalized spacial score (nSPS) is 48.6. The van der Waals surface area contributed by atoms with Crippen LogP contribution in [0.4, 0.5) is 0 Å². The lowest BCUT2D eigenvalue weighted by atomic mass is 9.94. The summed E-state index contributed by atoms with van der Waals surface area (Å²) in [5.41, 5.74) is 0. The summed E-state index contributed by atoms with van der Waals surface area (Å²) < 4.78 is 105. The van der Waals surface area contributed by atoms with Gasteiger partial charge in [-0.2, -0.15) is 0 Å². The highest BCUT2D eigenvalue weighted by atomic mass is 16.8. The Morgan fingerprint density at radius 2 is 0.615 bits per heavy atom. The Labute approximate surface area is 660 Å². The Morgan fingerprint density at radius 3 is 0.991 bits per heavy atom. The zero-order chi connectivity index (χ0) is 86.4. The van der Waals surface area contributed by atoms with Gasteiger partial charge in [0, 0.05) is 13.8 Å². The van der Waals surface area contributed by atoms with Gasteiger partial charge in [-0.3, -0.25) is 9.59 Å². The van der Waals surface area contributed by atoms with Crippen LogP contribution >= 0.6 is 0 Å². The summed E-state index contributed by atoms with van der Waals surface area (Å²) in [5, 5.41) is 336. The van der Waals surface area contributed by atoms with E-state index >= 15 is 0 Å². The second kappa shape index (κ2) is 43.1. The number of carbonyl (C=O) groups excluding carboxylic acids is 3. The second-order valence-electron chi connectivity index (χ2n) is 29.2. The van der Waals surface area contributed by atoms with Crippen molar-refractivity contribution in [1.82, 2.24) is 10.6 Å². The molecular formula is C64H108N2O51. The van der Waals surface area contributed by atoms with Crippen LogP contribution < -0.4 is 10.6 Å². The van der Waals surface area contributed by atoms with E-state index in [0.29, 0.717) is 0 Å². The van der Waals surface area contributed by atoms with Crippen molar-refractivity contribution in [1.29, 1.82) is 0 Å². The molecule has 0 radical (unpaired) electrons. The molecule has 0 bridgehead atoms. The maximum absolute atomic E-state index is 13.0. The van der Waals surface area contributed by atoms with Crippen LogP contribution in [0.15, 0.2) is 0 Å². The molecule has 9 heterocycles. The van der Waals surface area contributed by atoms with E-state index < -0.39 is 379 Å². The predicted octanol–water partition coefficient (Wildman–Crippen LogP) is -22.7. The average Bonchev–Trinajstić information content (AvgIpc) is 0.767. The van der Waals surface area contributed by atoms with Gasteiger partial charge in [0.15, 0.2) is 56.6 Å². The molecule has 0 unspecified atom stereocenters. The first kappa shape index (κ1) is 97.5. The molecule has 0 saturated carbocycles. The number of hydrogen-bond acceptors (Lipinski definition) is 51. The molecule has 9 aliphatic heterocycles. The van der Waals surface area contributed by atoms with Crippen molar-refractivity contribution in [3.8, 4) is 0 Å². The molecule has 9 saturated heterocycles. The van der Waals surface area contributed by atoms with Gasteiger partial charge >= 0.3 is 0 Å². The topological polar surface area (TPSA) is 848 Å². The fourth-order valence-electron chi connectivity index (χ4n) is 14.5. The summed E-state index contributed by atoms with van der Waals surface area (Å²) in [6.07, 6.45) is -104. The summed E-state index contributed by atoms with van der Waals surface area (Å²) >= 11 is 0. The molecule has 49 atom stereocenters. The zero-order valence-electron chi connectivity index (χ0n) is 61.9. The van der Waals surface area contributed by atoms with E-state index in [1.54, 1.807) is 0 Å². The van der Waals surface area contributed by atoms with Gasteiger partial charge in [0.05, 0.1) is 66.1 Å². The average molecular weight is 1720 g/mol. The van der Waals surface area contributed by atoms with Crippen LogP contribution in [0.2, 0.25) is 0 Å². The Hall–Kier alpha value is -3.31. The zero-order valence-corrected chi connectivity index (χ0v) is 61.9. The van der Waals surface area contributed by atoms with Crippen LogP contribution in [0.1, 0.15) is 13.8 Å². The van der Waals surface area contributed by atoms with Crippen molar-refractivity contribution in [3.63, 3.8) is 0 Å². The third-order valence-corrected chi connectivity index (χ3v) is 21.2. The lowest BCUT2D eigenvalue weighted by Gasteiger charge is -2.51. The number of hydrogen-bond donors (Lipinski definition) is 32. The molecule has 0 spiro atoms. The molecule has 0 aromatic heterocycles. The summed E-state index contributed by atoms with van der Waals surface area (Å²) in [5.74, 6) is -1.93. The fourth-order valence-corrected chi connectivity index (χ4v) is 14.5. The summed E-state index contributed by atoms with van der Waals surface area (Å²) in [6.45, 7) is -9.78. The minimum Gasteiger partial charge on any atom is -0.394 e. The second-order valence-corrected chi connectivity index (χ2v) is 29.2. The number of nitrogens with one attached hydrogen (secondary N) is 2. The van der Waals surface area contributed by atoms with Crippen molar-refractivity contribution in [2.24, 2.45) is 0 Å². The van der Waals surface area contributed by atoms with Crippen LogP contribution in [0.5, 0.6) is 0 Å². The molecule has 32 N–H and O–H groups in total. The van der Waals surface area contributed by atoms with Gasteiger partial charge in [-0.25, -0.2) is 0 Å². The van der Waals surface area contributed by atoms with Crippen LogP contribution in [-0.4, -0.2) is 538 Å². The molecule has 9 rings (SSSR count). The number of aldehydes is 1. The molecule has 680 valence electrons. The quantitative estimate of drug-likeness (QED) is 0.0266. The molecular weight excluding hydrogens is 1610 g/mol. The molecule has 9 aliphatic rings. The van der Waals surface area contributed by atoms with Gasteiger partial charge in [0.25, 0.3) is 0 Å². The van der Waals surface area contributed by atoms with E-state index in [9.17, 15) is 168 Å². The van der Waals surface area contributed by atoms with E-state index in [1.165, 1.54) is 0 Å². The third kappa shape index (κ3) is 21.6. The van der Waals surface area contributed by atoms with Crippen molar-refractivity contribution < 1.29 is 253 Å². The maximum atomic E-state index is 13.0. The Kier molecular flexibility index (Phi) is 35.9. The molecule has 117 heavy (non-hydrogen) atoms. The first-order valence-electron chi connectivity index (χ1n) is 36.9. The number of aliphatic hydroxyl groups excluding tert-OH is 30. The number of carbonyl (C=O) groups is 3. The molecule has 0 aromatic rings. The van der Waals surface area contributed by atoms with Crippen LogP contribution in [0.3, 0.4) is 0 Å². The van der Waals surface area contributed by atoms with Gasteiger partial charge in [-0.05, 0) is 0 Å². The summed E-state index contributed by atoms with van der Waals surface area (Å²) in [7, 11) is 0. The van der Waals surface area contributed by atoms with E-state index in [0.717, 1.165) is 13.8 Å². The highest BCUT2D eigenvalue weighted by Gasteiger charge is 2.61. The molecule has 0 aliphatic carbocycles. The lowest BCUT2D eigenvalue weighted by molar-refractivity contribution is -0.408. The number of amides is 2. The van der Waals surface area contributed by atoms with Crippen molar-refractivity contribution in [2.45, 2.75) is 314 Å². The minimum atomic E-state index is -2.67. The van der Waals surface area contributed by atoms with Crippen molar-refractivity contribution >= 4 is 18.1 Å². The molecule has 53 heteroatoms. The summed E-state index contributed by atoms with van der Waals surface area (Å²) in [4.78, 5) is 37.2. The number of rotatable bonds is 34. The fraction of sp³-hybridized carbons (Fsp3) is 0.953. The Balaban J connectivity index is 1.08. The largest absolute Gasteiger partial charge is 0.394 e. The van der Waals surface area contributed by atoms with Gasteiger partial charge in [-0.15, -0.1) is 0 Å².